The highest BCUT2D eigenvalue weighted by Gasteiger charge is 2.32. The Bertz CT molecular complexity index is 1130. The highest BCUT2D eigenvalue weighted by Crippen LogP contribution is 2.30. The number of amides is 1. The van der Waals surface area contributed by atoms with Crippen LogP contribution in [0.15, 0.2) is 47.4 Å². The SMILES string of the molecule is O=C(CNS(=O)(=O)c1cccc(C(F)(F)F)c1)N1CCN(Cc2ccc3c(c2)CCO3)CC1. The molecule has 178 valence electrons. The van der Waals surface area contributed by atoms with Crippen LogP contribution in [0.4, 0.5) is 13.2 Å². The van der Waals surface area contributed by atoms with Gasteiger partial charge in [0.25, 0.3) is 0 Å². The first-order valence-corrected chi connectivity index (χ1v) is 12.0. The van der Waals surface area contributed by atoms with Gasteiger partial charge in [-0.3, -0.25) is 9.69 Å². The number of alkyl halides is 3. The molecular weight excluding hydrogens is 459 g/mol. The third kappa shape index (κ3) is 5.66. The zero-order valence-electron chi connectivity index (χ0n) is 17.8. The third-order valence-electron chi connectivity index (χ3n) is 5.77. The molecule has 1 fully saturated rings. The molecule has 2 heterocycles. The Kier molecular flexibility index (Phi) is 6.64. The number of halogens is 3. The van der Waals surface area contributed by atoms with Crippen molar-refractivity contribution in [3.8, 4) is 5.75 Å². The van der Waals surface area contributed by atoms with Crippen molar-refractivity contribution in [3.05, 3.63) is 59.2 Å². The summed E-state index contributed by atoms with van der Waals surface area (Å²) in [6.07, 6.45) is -3.75. The molecule has 0 saturated carbocycles. The second-order valence-corrected chi connectivity index (χ2v) is 9.81. The van der Waals surface area contributed by atoms with Crippen LogP contribution in [0.3, 0.4) is 0 Å². The van der Waals surface area contributed by atoms with Gasteiger partial charge in [0.15, 0.2) is 0 Å². The van der Waals surface area contributed by atoms with Gasteiger partial charge in [0.05, 0.1) is 23.6 Å². The first-order valence-electron chi connectivity index (χ1n) is 10.5. The number of hydrogen-bond donors (Lipinski definition) is 1. The Labute approximate surface area is 190 Å². The van der Waals surface area contributed by atoms with Crippen molar-refractivity contribution in [3.63, 3.8) is 0 Å². The Morgan fingerprint density at radius 1 is 1.06 bits per heavy atom. The fourth-order valence-electron chi connectivity index (χ4n) is 3.94. The molecule has 0 aromatic heterocycles. The minimum Gasteiger partial charge on any atom is -0.493 e. The summed E-state index contributed by atoms with van der Waals surface area (Å²) in [6.45, 7) is 3.10. The van der Waals surface area contributed by atoms with Crippen LogP contribution in [0, 0.1) is 0 Å². The maximum Gasteiger partial charge on any atom is 0.416 e. The lowest BCUT2D eigenvalue weighted by Crippen LogP contribution is -2.50. The predicted molar refractivity (Wildman–Crippen MR) is 114 cm³/mol. The van der Waals surface area contributed by atoms with Crippen molar-refractivity contribution in [2.75, 3.05) is 39.3 Å². The second-order valence-electron chi connectivity index (χ2n) is 8.05. The summed E-state index contributed by atoms with van der Waals surface area (Å²) in [7, 11) is -4.25. The molecule has 11 heteroatoms. The average Bonchev–Trinajstić information content (AvgIpc) is 3.25. The number of hydrogen-bond acceptors (Lipinski definition) is 5. The van der Waals surface area contributed by atoms with E-state index in [1.165, 1.54) is 11.1 Å². The van der Waals surface area contributed by atoms with Gasteiger partial charge in [0.2, 0.25) is 15.9 Å². The van der Waals surface area contributed by atoms with E-state index in [9.17, 15) is 26.4 Å². The lowest BCUT2D eigenvalue weighted by Gasteiger charge is -2.34. The Morgan fingerprint density at radius 2 is 1.82 bits per heavy atom. The number of benzene rings is 2. The standard InChI is InChI=1S/C22H24F3N3O4S/c23-22(24,25)18-2-1-3-19(13-18)33(30,31)26-14-21(29)28-9-7-27(8-10-28)15-16-4-5-20-17(12-16)6-11-32-20/h1-5,12-13,26H,6-11,14-15H2. The van der Waals surface area contributed by atoms with Crippen molar-refractivity contribution in [1.29, 1.82) is 0 Å². The van der Waals surface area contributed by atoms with E-state index < -0.39 is 39.1 Å². The van der Waals surface area contributed by atoms with Crippen LogP contribution in [-0.2, 0) is 34.0 Å². The van der Waals surface area contributed by atoms with Gasteiger partial charge in [0, 0.05) is 39.1 Å². The van der Waals surface area contributed by atoms with Gasteiger partial charge in [-0.05, 0) is 35.4 Å². The van der Waals surface area contributed by atoms with Crippen LogP contribution < -0.4 is 9.46 Å². The number of nitrogens with one attached hydrogen (secondary N) is 1. The number of rotatable bonds is 6. The zero-order valence-corrected chi connectivity index (χ0v) is 18.6. The first kappa shape index (κ1) is 23.5. The number of nitrogens with zero attached hydrogens (tertiary/aromatic N) is 2. The lowest BCUT2D eigenvalue weighted by molar-refractivity contribution is -0.137. The monoisotopic (exact) mass is 483 g/mol. The summed E-state index contributed by atoms with van der Waals surface area (Å²) in [5.41, 5.74) is 1.31. The molecule has 0 aliphatic carbocycles. The predicted octanol–water partition coefficient (Wildman–Crippen LogP) is 2.26. The van der Waals surface area contributed by atoms with Gasteiger partial charge in [-0.25, -0.2) is 13.1 Å². The quantitative estimate of drug-likeness (QED) is 0.682. The summed E-state index contributed by atoms with van der Waals surface area (Å²) >= 11 is 0. The zero-order chi connectivity index (χ0) is 23.6. The van der Waals surface area contributed by atoms with Gasteiger partial charge in [0.1, 0.15) is 5.75 Å². The Hall–Kier alpha value is -2.63. The lowest BCUT2D eigenvalue weighted by atomic mass is 10.1. The summed E-state index contributed by atoms with van der Waals surface area (Å²) in [6, 6.07) is 9.58. The largest absolute Gasteiger partial charge is 0.493 e. The van der Waals surface area contributed by atoms with Gasteiger partial charge >= 0.3 is 6.18 Å². The highest BCUT2D eigenvalue weighted by molar-refractivity contribution is 7.89. The molecule has 2 aliphatic heterocycles. The van der Waals surface area contributed by atoms with Crippen molar-refractivity contribution in [2.45, 2.75) is 24.0 Å². The van der Waals surface area contributed by atoms with Crippen LogP contribution in [-0.4, -0.2) is 63.5 Å². The fourth-order valence-corrected chi connectivity index (χ4v) is 4.96. The molecule has 7 nitrogen and oxygen atoms in total. The minimum absolute atomic E-state index is 0.417. The number of ether oxygens (including phenoxy) is 1. The Morgan fingerprint density at radius 3 is 2.55 bits per heavy atom. The molecule has 1 N–H and O–H groups in total. The first-order chi connectivity index (χ1) is 15.6. The molecule has 33 heavy (non-hydrogen) atoms. The summed E-state index contributed by atoms with van der Waals surface area (Å²) in [4.78, 5) is 15.7. The fraction of sp³-hybridized carbons (Fsp3) is 0.409. The molecule has 0 unspecified atom stereocenters. The number of carbonyl (C=O) groups is 1. The molecule has 2 aromatic carbocycles. The van der Waals surface area contributed by atoms with Gasteiger partial charge < -0.3 is 9.64 Å². The molecule has 0 radical (unpaired) electrons. The van der Waals surface area contributed by atoms with Crippen LogP contribution >= 0.6 is 0 Å². The minimum atomic E-state index is -4.66. The van der Waals surface area contributed by atoms with E-state index in [1.54, 1.807) is 4.90 Å². The second kappa shape index (κ2) is 9.32. The van der Waals surface area contributed by atoms with E-state index >= 15 is 0 Å². The number of piperazine rings is 1. The van der Waals surface area contributed by atoms with E-state index in [2.05, 4.69) is 15.7 Å². The molecule has 1 amide bonds. The van der Waals surface area contributed by atoms with E-state index in [1.807, 2.05) is 12.1 Å². The topological polar surface area (TPSA) is 79.0 Å². The van der Waals surface area contributed by atoms with E-state index in [0.717, 1.165) is 36.9 Å². The molecular formula is C22H24F3N3O4S. The van der Waals surface area contributed by atoms with Gasteiger partial charge in [-0.1, -0.05) is 18.2 Å². The molecule has 2 aromatic rings. The van der Waals surface area contributed by atoms with Crippen LogP contribution in [0.25, 0.3) is 0 Å². The molecule has 4 rings (SSSR count). The molecule has 2 aliphatic rings. The summed E-state index contributed by atoms with van der Waals surface area (Å²) < 4.78 is 70.9. The summed E-state index contributed by atoms with van der Waals surface area (Å²) in [5.74, 6) is 0.515. The van der Waals surface area contributed by atoms with E-state index in [-0.39, 0.29) is 0 Å². The van der Waals surface area contributed by atoms with Gasteiger partial charge in [-0.2, -0.15) is 13.2 Å². The Balaban J connectivity index is 1.28. The van der Waals surface area contributed by atoms with Crippen LogP contribution in [0.5, 0.6) is 5.75 Å². The third-order valence-corrected chi connectivity index (χ3v) is 7.17. The molecule has 0 bridgehead atoms. The number of fused-ring (bicyclic) bond motifs is 1. The van der Waals surface area contributed by atoms with E-state index in [0.29, 0.717) is 38.9 Å². The average molecular weight is 484 g/mol. The van der Waals surface area contributed by atoms with Crippen LogP contribution in [0.2, 0.25) is 0 Å². The molecule has 0 atom stereocenters. The van der Waals surface area contributed by atoms with Crippen molar-refractivity contribution in [2.24, 2.45) is 0 Å². The van der Waals surface area contributed by atoms with Crippen LogP contribution in [0.1, 0.15) is 16.7 Å². The van der Waals surface area contributed by atoms with Crippen molar-refractivity contribution < 1.29 is 31.1 Å². The number of sulfonamides is 1. The van der Waals surface area contributed by atoms with Gasteiger partial charge in [-0.15, -0.1) is 0 Å². The van der Waals surface area contributed by atoms with Crippen molar-refractivity contribution in [1.82, 2.24) is 14.5 Å². The molecule has 1 saturated heterocycles. The number of carbonyl (C=O) groups excluding carboxylic acids is 1. The smallest absolute Gasteiger partial charge is 0.416 e. The normalized spacial score (nSPS) is 17.0. The van der Waals surface area contributed by atoms with Crippen molar-refractivity contribution >= 4 is 15.9 Å². The molecule has 0 spiro atoms. The van der Waals surface area contributed by atoms with E-state index in [4.69, 9.17) is 4.74 Å². The maximum absolute atomic E-state index is 12.9. The summed E-state index contributed by atoms with van der Waals surface area (Å²) in [5, 5.41) is 0. The maximum atomic E-state index is 12.9. The highest BCUT2D eigenvalue weighted by atomic mass is 32.2.